The van der Waals surface area contributed by atoms with Crippen LogP contribution in [0.2, 0.25) is 0 Å². The summed E-state index contributed by atoms with van der Waals surface area (Å²) in [5.74, 6) is -2.07. The first kappa shape index (κ1) is 22.5. The first-order chi connectivity index (χ1) is 14.2. The van der Waals surface area contributed by atoms with Gasteiger partial charge in [-0.25, -0.2) is 0 Å². The summed E-state index contributed by atoms with van der Waals surface area (Å²) in [4.78, 5) is 35.4. The molecule has 2 aromatic carbocycles. The van der Waals surface area contributed by atoms with E-state index in [0.29, 0.717) is 5.75 Å². The summed E-state index contributed by atoms with van der Waals surface area (Å²) in [7, 11) is 1.45. The van der Waals surface area contributed by atoms with E-state index >= 15 is 0 Å². The number of anilines is 1. The molecule has 0 aliphatic carbocycles. The highest BCUT2D eigenvalue weighted by molar-refractivity contribution is 5.97. The Bertz CT molecular complexity index is 900. The van der Waals surface area contributed by atoms with Crippen LogP contribution in [-0.4, -0.2) is 44.4 Å². The van der Waals surface area contributed by atoms with Crippen molar-refractivity contribution in [3.63, 3.8) is 0 Å². The number of hydrogen-bond donors (Lipinski definition) is 2. The van der Waals surface area contributed by atoms with Crippen molar-refractivity contribution in [3.05, 3.63) is 54.1 Å². The number of halogens is 3. The number of carbonyl (C=O) groups is 3. The van der Waals surface area contributed by atoms with Crippen molar-refractivity contribution in [1.29, 1.82) is 0 Å². The number of rotatable bonds is 8. The van der Waals surface area contributed by atoms with Gasteiger partial charge in [0.25, 0.3) is 11.8 Å². The normalized spacial score (nSPS) is 10.7. The molecule has 0 heterocycles. The van der Waals surface area contributed by atoms with E-state index in [0.717, 1.165) is 12.1 Å². The number of amides is 2. The Hall–Kier alpha value is -3.76. The van der Waals surface area contributed by atoms with E-state index in [9.17, 15) is 27.6 Å². The highest BCUT2D eigenvalue weighted by Crippen LogP contribution is 2.23. The molecule has 0 fully saturated rings. The first-order valence-corrected chi connectivity index (χ1v) is 8.40. The van der Waals surface area contributed by atoms with Crippen molar-refractivity contribution >= 4 is 23.5 Å². The van der Waals surface area contributed by atoms with Crippen molar-refractivity contribution in [3.8, 4) is 11.5 Å². The fourth-order valence-electron chi connectivity index (χ4n) is 2.15. The van der Waals surface area contributed by atoms with E-state index in [4.69, 9.17) is 9.47 Å². The lowest BCUT2D eigenvalue weighted by atomic mass is 10.2. The molecule has 0 saturated carbocycles. The fraction of sp³-hybridized carbons (Fsp3) is 0.211. The molecule has 0 unspecified atom stereocenters. The van der Waals surface area contributed by atoms with Crippen molar-refractivity contribution in [2.75, 3.05) is 25.6 Å². The molecule has 0 saturated heterocycles. The maximum Gasteiger partial charge on any atom is 0.573 e. The number of nitrogens with one attached hydrogen (secondary N) is 2. The van der Waals surface area contributed by atoms with E-state index in [1.54, 1.807) is 12.1 Å². The maximum atomic E-state index is 12.1. The maximum absolute atomic E-state index is 12.1. The van der Waals surface area contributed by atoms with Crippen LogP contribution in [0.25, 0.3) is 0 Å². The number of benzene rings is 2. The van der Waals surface area contributed by atoms with Gasteiger partial charge in [0.15, 0.2) is 6.61 Å². The van der Waals surface area contributed by atoms with Crippen LogP contribution < -0.4 is 20.1 Å². The number of hydrogen-bond acceptors (Lipinski definition) is 6. The second-order valence-electron chi connectivity index (χ2n) is 5.70. The van der Waals surface area contributed by atoms with Crippen molar-refractivity contribution in [2.45, 2.75) is 6.36 Å². The van der Waals surface area contributed by atoms with Gasteiger partial charge in [-0.05, 0) is 42.5 Å². The Morgan fingerprint density at radius 2 is 1.70 bits per heavy atom. The quantitative estimate of drug-likeness (QED) is 0.629. The van der Waals surface area contributed by atoms with Gasteiger partial charge in [0.1, 0.15) is 18.0 Å². The molecule has 2 rings (SSSR count). The summed E-state index contributed by atoms with van der Waals surface area (Å²) >= 11 is 0. The molecule has 0 aliphatic heterocycles. The fourth-order valence-corrected chi connectivity index (χ4v) is 2.15. The summed E-state index contributed by atoms with van der Waals surface area (Å²) in [6.07, 6.45) is -4.82. The molecule has 11 heteroatoms. The highest BCUT2D eigenvalue weighted by Gasteiger charge is 2.30. The monoisotopic (exact) mass is 426 g/mol. The van der Waals surface area contributed by atoms with Crippen molar-refractivity contribution in [2.24, 2.45) is 0 Å². The van der Waals surface area contributed by atoms with Gasteiger partial charge < -0.3 is 24.8 Å². The second kappa shape index (κ2) is 10.1. The molecule has 160 valence electrons. The molecule has 0 spiro atoms. The predicted molar refractivity (Wildman–Crippen MR) is 98.0 cm³/mol. The van der Waals surface area contributed by atoms with Crippen LogP contribution in [0.3, 0.4) is 0 Å². The predicted octanol–water partition coefficient (Wildman–Crippen LogP) is 2.51. The minimum Gasteiger partial charge on any atom is -0.497 e. The standard InChI is InChI=1S/C19H17F3N2O6/c1-28-15-4-2-3-12(9-15)18(27)23-10-17(26)29-11-16(25)24-13-5-7-14(8-6-13)30-19(20,21)22/h2-9H,10-11H2,1H3,(H,23,27)(H,24,25). The summed E-state index contributed by atoms with van der Waals surface area (Å²) in [6, 6.07) is 10.7. The summed E-state index contributed by atoms with van der Waals surface area (Å²) in [6.45, 7) is -1.11. The number of alkyl halides is 3. The summed E-state index contributed by atoms with van der Waals surface area (Å²) in [5, 5.41) is 4.68. The highest BCUT2D eigenvalue weighted by atomic mass is 19.4. The average Bonchev–Trinajstić information content (AvgIpc) is 2.71. The van der Waals surface area contributed by atoms with Crippen LogP contribution in [0.4, 0.5) is 18.9 Å². The van der Waals surface area contributed by atoms with Crippen LogP contribution in [0.15, 0.2) is 48.5 Å². The minimum atomic E-state index is -4.82. The number of methoxy groups -OCH3 is 1. The molecule has 0 aliphatic rings. The van der Waals surface area contributed by atoms with Crippen LogP contribution in [0, 0.1) is 0 Å². The Morgan fingerprint density at radius 3 is 2.33 bits per heavy atom. The summed E-state index contributed by atoms with van der Waals surface area (Å²) in [5.41, 5.74) is 0.453. The van der Waals surface area contributed by atoms with Crippen LogP contribution in [0.5, 0.6) is 11.5 Å². The van der Waals surface area contributed by atoms with Crippen LogP contribution in [0.1, 0.15) is 10.4 Å². The molecule has 8 nitrogen and oxygen atoms in total. The zero-order valence-electron chi connectivity index (χ0n) is 15.6. The van der Waals surface area contributed by atoms with E-state index < -0.39 is 43.0 Å². The van der Waals surface area contributed by atoms with Gasteiger partial charge in [-0.3, -0.25) is 14.4 Å². The first-order valence-electron chi connectivity index (χ1n) is 8.40. The van der Waals surface area contributed by atoms with Gasteiger partial charge in [-0.1, -0.05) is 6.07 Å². The Kier molecular flexibility index (Phi) is 7.62. The number of carbonyl (C=O) groups excluding carboxylic acids is 3. The smallest absolute Gasteiger partial charge is 0.497 e. The van der Waals surface area contributed by atoms with Crippen molar-refractivity contribution in [1.82, 2.24) is 5.32 Å². The lowest BCUT2D eigenvalue weighted by molar-refractivity contribution is -0.274. The molecule has 30 heavy (non-hydrogen) atoms. The Labute approximate surface area is 168 Å². The second-order valence-corrected chi connectivity index (χ2v) is 5.70. The van der Waals surface area contributed by atoms with Gasteiger partial charge in [0.05, 0.1) is 7.11 Å². The molecule has 2 amide bonds. The Balaban J connectivity index is 1.73. The van der Waals surface area contributed by atoms with Gasteiger partial charge in [-0.2, -0.15) is 0 Å². The molecule has 0 atom stereocenters. The van der Waals surface area contributed by atoms with Crippen molar-refractivity contribution < 1.29 is 41.8 Å². The third-order valence-electron chi connectivity index (χ3n) is 3.46. The van der Waals surface area contributed by atoms with Gasteiger partial charge >= 0.3 is 12.3 Å². The van der Waals surface area contributed by atoms with Crippen LogP contribution >= 0.6 is 0 Å². The topological polar surface area (TPSA) is 103 Å². The molecule has 2 N–H and O–H groups in total. The van der Waals surface area contributed by atoms with Gasteiger partial charge in [0.2, 0.25) is 0 Å². The SMILES string of the molecule is COc1cccc(C(=O)NCC(=O)OCC(=O)Nc2ccc(OC(F)(F)F)cc2)c1. The Morgan fingerprint density at radius 1 is 1.00 bits per heavy atom. The van der Waals surface area contributed by atoms with E-state index in [2.05, 4.69) is 15.4 Å². The number of esters is 1. The van der Waals surface area contributed by atoms with Gasteiger partial charge in [-0.15, -0.1) is 13.2 Å². The van der Waals surface area contributed by atoms with E-state index in [1.165, 1.54) is 31.4 Å². The number of ether oxygens (including phenoxy) is 3. The average molecular weight is 426 g/mol. The summed E-state index contributed by atoms with van der Waals surface area (Å²) < 4.78 is 49.7. The lowest BCUT2D eigenvalue weighted by Gasteiger charge is -2.10. The molecular weight excluding hydrogens is 409 g/mol. The van der Waals surface area contributed by atoms with E-state index in [1.807, 2.05) is 0 Å². The molecule has 0 aromatic heterocycles. The molecule has 2 aromatic rings. The zero-order valence-corrected chi connectivity index (χ0v) is 15.6. The molecular formula is C19H17F3N2O6. The zero-order chi connectivity index (χ0) is 22.1. The van der Waals surface area contributed by atoms with Crippen LogP contribution in [-0.2, 0) is 14.3 Å². The third-order valence-corrected chi connectivity index (χ3v) is 3.46. The third kappa shape index (κ3) is 7.70. The molecule has 0 bridgehead atoms. The lowest BCUT2D eigenvalue weighted by Crippen LogP contribution is -2.32. The largest absolute Gasteiger partial charge is 0.573 e. The molecule has 0 radical (unpaired) electrons. The minimum absolute atomic E-state index is 0.178. The van der Waals surface area contributed by atoms with E-state index in [-0.39, 0.29) is 11.3 Å². The van der Waals surface area contributed by atoms with Gasteiger partial charge in [0, 0.05) is 11.3 Å².